The molecule has 0 radical (unpaired) electrons. The van der Waals surface area contributed by atoms with Crippen LogP contribution in [0.4, 0.5) is 5.69 Å². The number of likely N-dealkylation sites (N-methyl/N-ethyl adjacent to an activating group) is 1. The summed E-state index contributed by atoms with van der Waals surface area (Å²) in [6, 6.07) is 5.28. The molecule has 1 rings (SSSR count). The van der Waals surface area contributed by atoms with Crippen molar-refractivity contribution in [2.45, 2.75) is 6.92 Å². The van der Waals surface area contributed by atoms with Gasteiger partial charge in [-0.3, -0.25) is 4.79 Å². The predicted octanol–water partition coefficient (Wildman–Crippen LogP) is 0.658. The average molecular weight is 252 g/mol. The Hall–Kier alpha value is -1.59. The van der Waals surface area contributed by atoms with E-state index in [0.717, 1.165) is 5.56 Å². The van der Waals surface area contributed by atoms with Crippen LogP contribution in [0, 0.1) is 6.92 Å². The Morgan fingerprint density at radius 3 is 2.78 bits per heavy atom. The molecule has 0 aliphatic carbocycles. The number of benzene rings is 1. The van der Waals surface area contributed by atoms with Crippen LogP contribution in [-0.4, -0.2) is 49.3 Å². The molecule has 18 heavy (non-hydrogen) atoms. The van der Waals surface area contributed by atoms with Crippen LogP contribution < -0.4 is 5.73 Å². The van der Waals surface area contributed by atoms with E-state index in [2.05, 4.69) is 0 Å². The van der Waals surface area contributed by atoms with Crippen LogP contribution in [0.25, 0.3) is 0 Å². The summed E-state index contributed by atoms with van der Waals surface area (Å²) in [4.78, 5) is 13.6. The fourth-order valence-corrected chi connectivity index (χ4v) is 1.46. The van der Waals surface area contributed by atoms with E-state index in [-0.39, 0.29) is 12.5 Å². The van der Waals surface area contributed by atoms with Gasteiger partial charge in [0.1, 0.15) is 0 Å². The molecular weight excluding hydrogens is 232 g/mol. The largest absolute Gasteiger partial charge is 0.398 e. The molecule has 5 heteroatoms. The lowest BCUT2D eigenvalue weighted by atomic mass is 10.1. The minimum Gasteiger partial charge on any atom is -0.398 e. The number of aryl methyl sites for hydroxylation is 1. The van der Waals surface area contributed by atoms with E-state index < -0.39 is 0 Å². The summed E-state index contributed by atoms with van der Waals surface area (Å²) in [5.74, 6) is -0.0886. The van der Waals surface area contributed by atoms with Crippen LogP contribution in [0.2, 0.25) is 0 Å². The highest BCUT2D eigenvalue weighted by molar-refractivity contribution is 5.95. The van der Waals surface area contributed by atoms with E-state index in [0.29, 0.717) is 31.0 Å². The first-order valence-electron chi connectivity index (χ1n) is 5.86. The summed E-state index contributed by atoms with van der Waals surface area (Å²) < 4.78 is 5.11. The molecule has 100 valence electrons. The summed E-state index contributed by atoms with van der Waals surface area (Å²) in [5.41, 5.74) is 7.92. The molecule has 0 unspecified atom stereocenters. The number of nitrogen functional groups attached to an aromatic ring is 1. The topological polar surface area (TPSA) is 75.8 Å². The van der Waals surface area contributed by atoms with Gasteiger partial charge in [-0.15, -0.1) is 0 Å². The molecule has 0 aromatic heterocycles. The minimum atomic E-state index is -0.0886. The van der Waals surface area contributed by atoms with Crippen molar-refractivity contribution in [1.29, 1.82) is 0 Å². The maximum absolute atomic E-state index is 12.0. The molecule has 0 aliphatic heterocycles. The second-order valence-corrected chi connectivity index (χ2v) is 4.13. The van der Waals surface area contributed by atoms with Crippen LogP contribution in [0.5, 0.6) is 0 Å². The van der Waals surface area contributed by atoms with E-state index in [1.165, 1.54) is 0 Å². The minimum absolute atomic E-state index is 0.00778. The number of nitrogens with zero attached hydrogens (tertiary/aromatic N) is 1. The number of carbonyl (C=O) groups is 1. The fraction of sp³-hybridized carbons (Fsp3) is 0.462. The van der Waals surface area contributed by atoms with Crippen molar-refractivity contribution in [3.05, 3.63) is 29.3 Å². The van der Waals surface area contributed by atoms with Gasteiger partial charge in [-0.1, -0.05) is 6.07 Å². The standard InChI is InChI=1S/C13H20N2O3/c1-10-3-4-11(9-12(10)14)13(17)15(2)5-7-18-8-6-16/h3-4,9,16H,5-8,14H2,1-2H3. The highest BCUT2D eigenvalue weighted by Gasteiger charge is 2.12. The van der Waals surface area contributed by atoms with E-state index >= 15 is 0 Å². The number of ether oxygens (including phenoxy) is 1. The van der Waals surface area contributed by atoms with Crippen molar-refractivity contribution >= 4 is 11.6 Å². The van der Waals surface area contributed by atoms with Crippen LogP contribution in [0.15, 0.2) is 18.2 Å². The third-order valence-corrected chi connectivity index (χ3v) is 2.68. The zero-order valence-corrected chi connectivity index (χ0v) is 10.8. The summed E-state index contributed by atoms with van der Waals surface area (Å²) in [7, 11) is 1.71. The van der Waals surface area contributed by atoms with Crippen LogP contribution in [0.1, 0.15) is 15.9 Å². The van der Waals surface area contributed by atoms with Crippen LogP contribution in [0.3, 0.4) is 0 Å². The number of carbonyl (C=O) groups excluding carboxylic acids is 1. The molecule has 0 fully saturated rings. The molecule has 5 nitrogen and oxygen atoms in total. The van der Waals surface area contributed by atoms with E-state index in [1.807, 2.05) is 13.0 Å². The normalized spacial score (nSPS) is 10.4. The number of aliphatic hydroxyl groups excluding tert-OH is 1. The van der Waals surface area contributed by atoms with Gasteiger partial charge >= 0.3 is 0 Å². The zero-order valence-electron chi connectivity index (χ0n) is 10.8. The Labute approximate surface area is 107 Å². The van der Waals surface area contributed by atoms with Crippen LogP contribution >= 0.6 is 0 Å². The van der Waals surface area contributed by atoms with E-state index in [4.69, 9.17) is 15.6 Å². The van der Waals surface area contributed by atoms with Gasteiger partial charge < -0.3 is 20.5 Å². The number of amides is 1. The Morgan fingerprint density at radius 1 is 1.44 bits per heavy atom. The second-order valence-electron chi connectivity index (χ2n) is 4.13. The lowest BCUT2D eigenvalue weighted by Crippen LogP contribution is -2.30. The van der Waals surface area contributed by atoms with Gasteiger partial charge in [-0.2, -0.15) is 0 Å². The highest BCUT2D eigenvalue weighted by atomic mass is 16.5. The lowest BCUT2D eigenvalue weighted by molar-refractivity contribution is 0.0618. The number of nitrogens with two attached hydrogens (primary N) is 1. The molecule has 0 bridgehead atoms. The molecule has 3 N–H and O–H groups in total. The SMILES string of the molecule is Cc1ccc(C(=O)N(C)CCOCCO)cc1N. The van der Waals surface area contributed by atoms with Crippen molar-refractivity contribution in [1.82, 2.24) is 4.90 Å². The van der Waals surface area contributed by atoms with Gasteiger partial charge in [0.05, 0.1) is 19.8 Å². The predicted molar refractivity (Wildman–Crippen MR) is 70.5 cm³/mol. The third-order valence-electron chi connectivity index (χ3n) is 2.68. The first-order valence-corrected chi connectivity index (χ1v) is 5.86. The summed E-state index contributed by atoms with van der Waals surface area (Å²) in [6.07, 6.45) is 0. The van der Waals surface area contributed by atoms with Gasteiger partial charge in [-0.05, 0) is 24.6 Å². The first kappa shape index (κ1) is 14.5. The van der Waals surface area contributed by atoms with Gasteiger partial charge in [0.2, 0.25) is 0 Å². The zero-order chi connectivity index (χ0) is 13.5. The van der Waals surface area contributed by atoms with Crippen LogP contribution in [-0.2, 0) is 4.74 Å². The van der Waals surface area contributed by atoms with E-state index in [1.54, 1.807) is 24.1 Å². The molecule has 0 atom stereocenters. The Kier molecular flexibility index (Phi) is 5.61. The molecule has 1 amide bonds. The number of hydrogen-bond acceptors (Lipinski definition) is 4. The molecule has 0 spiro atoms. The number of aliphatic hydroxyl groups is 1. The molecule has 1 aromatic carbocycles. The van der Waals surface area contributed by atoms with E-state index in [9.17, 15) is 4.79 Å². The quantitative estimate of drug-likeness (QED) is 0.576. The number of anilines is 1. The maximum Gasteiger partial charge on any atom is 0.253 e. The van der Waals surface area contributed by atoms with Crippen molar-refractivity contribution < 1.29 is 14.6 Å². The van der Waals surface area contributed by atoms with Gasteiger partial charge in [-0.25, -0.2) is 0 Å². The van der Waals surface area contributed by atoms with Crippen molar-refractivity contribution in [3.63, 3.8) is 0 Å². The van der Waals surface area contributed by atoms with Crippen molar-refractivity contribution in [2.75, 3.05) is 39.1 Å². The molecule has 0 aliphatic rings. The number of hydrogen-bond donors (Lipinski definition) is 2. The third kappa shape index (κ3) is 4.01. The molecular formula is C13H20N2O3. The Bertz CT molecular complexity index is 407. The summed E-state index contributed by atoms with van der Waals surface area (Å²) >= 11 is 0. The summed E-state index contributed by atoms with van der Waals surface area (Å²) in [5, 5.41) is 8.56. The maximum atomic E-state index is 12.0. The van der Waals surface area contributed by atoms with Crippen molar-refractivity contribution in [2.24, 2.45) is 0 Å². The monoisotopic (exact) mass is 252 g/mol. The molecule has 1 aromatic rings. The first-order chi connectivity index (χ1) is 8.56. The highest BCUT2D eigenvalue weighted by Crippen LogP contribution is 2.14. The van der Waals surface area contributed by atoms with Gasteiger partial charge in [0.15, 0.2) is 0 Å². The van der Waals surface area contributed by atoms with Gasteiger partial charge in [0.25, 0.3) is 5.91 Å². The Balaban J connectivity index is 2.54. The summed E-state index contributed by atoms with van der Waals surface area (Å²) in [6.45, 7) is 3.07. The number of rotatable bonds is 6. The molecule has 0 saturated heterocycles. The molecule has 0 heterocycles. The second kappa shape index (κ2) is 6.98. The lowest BCUT2D eigenvalue weighted by Gasteiger charge is -2.17. The smallest absolute Gasteiger partial charge is 0.253 e. The average Bonchev–Trinajstić information content (AvgIpc) is 2.37. The Morgan fingerprint density at radius 2 is 2.17 bits per heavy atom. The molecule has 0 saturated carbocycles. The van der Waals surface area contributed by atoms with Gasteiger partial charge in [0, 0.05) is 24.8 Å². The van der Waals surface area contributed by atoms with Crippen molar-refractivity contribution in [3.8, 4) is 0 Å². The fourth-order valence-electron chi connectivity index (χ4n) is 1.46.